The van der Waals surface area contributed by atoms with Crippen LogP contribution in [0.15, 0.2) is 36.4 Å². The van der Waals surface area contributed by atoms with E-state index in [0.29, 0.717) is 49.0 Å². The fourth-order valence-corrected chi connectivity index (χ4v) is 3.54. The average molecular weight is 416 g/mol. The Morgan fingerprint density at radius 3 is 2.63 bits per heavy atom. The first-order chi connectivity index (χ1) is 14.5. The van der Waals surface area contributed by atoms with E-state index in [2.05, 4.69) is 10.2 Å². The van der Waals surface area contributed by atoms with E-state index in [1.54, 1.807) is 26.2 Å². The van der Waals surface area contributed by atoms with Crippen molar-refractivity contribution in [3.05, 3.63) is 58.9 Å². The highest BCUT2D eigenvalue weighted by Gasteiger charge is 2.24. The van der Waals surface area contributed by atoms with Crippen LogP contribution in [0.3, 0.4) is 0 Å². The van der Waals surface area contributed by atoms with Crippen LogP contribution in [-0.2, 0) is 4.74 Å². The fraction of sp³-hybridized carbons (Fsp3) is 0.435. The molecule has 1 atom stereocenters. The highest BCUT2D eigenvalue weighted by Crippen LogP contribution is 2.32. The van der Waals surface area contributed by atoms with Gasteiger partial charge in [-0.15, -0.1) is 0 Å². The molecular formula is C23H29FN2O4. The van der Waals surface area contributed by atoms with Gasteiger partial charge in [-0.05, 0) is 49.2 Å². The summed E-state index contributed by atoms with van der Waals surface area (Å²) < 4.78 is 30.5. The van der Waals surface area contributed by atoms with E-state index >= 15 is 0 Å². The molecule has 1 aliphatic rings. The summed E-state index contributed by atoms with van der Waals surface area (Å²) in [6, 6.07) is 10.3. The van der Waals surface area contributed by atoms with E-state index in [9.17, 15) is 9.18 Å². The fourth-order valence-electron chi connectivity index (χ4n) is 3.54. The first-order valence-electron chi connectivity index (χ1n) is 10.2. The predicted octanol–water partition coefficient (Wildman–Crippen LogP) is 3.34. The summed E-state index contributed by atoms with van der Waals surface area (Å²) in [6.07, 6.45) is 0. The third-order valence-electron chi connectivity index (χ3n) is 5.25. The van der Waals surface area contributed by atoms with Crippen molar-refractivity contribution in [2.45, 2.75) is 19.9 Å². The lowest BCUT2D eigenvalue weighted by Gasteiger charge is -2.35. The van der Waals surface area contributed by atoms with Crippen LogP contribution < -0.4 is 14.8 Å². The molecule has 0 radical (unpaired) electrons. The Bertz CT molecular complexity index is 868. The largest absolute Gasteiger partial charge is 0.493 e. The van der Waals surface area contributed by atoms with Crippen molar-refractivity contribution in [3.8, 4) is 11.5 Å². The van der Waals surface area contributed by atoms with E-state index in [1.807, 2.05) is 25.1 Å². The van der Waals surface area contributed by atoms with E-state index in [1.165, 1.54) is 6.07 Å². The molecule has 1 unspecified atom stereocenters. The lowest BCUT2D eigenvalue weighted by molar-refractivity contribution is 0.0162. The molecule has 6 nitrogen and oxygen atoms in total. The number of amides is 1. The van der Waals surface area contributed by atoms with Crippen molar-refractivity contribution in [1.82, 2.24) is 10.2 Å². The number of hydrogen-bond acceptors (Lipinski definition) is 5. The maximum absolute atomic E-state index is 13.9. The number of aryl methyl sites for hydroxylation is 1. The summed E-state index contributed by atoms with van der Waals surface area (Å²) >= 11 is 0. The Hall–Kier alpha value is -2.64. The number of nitrogens with one attached hydrogen (secondary N) is 1. The minimum absolute atomic E-state index is 0.0716. The molecule has 162 valence electrons. The maximum Gasteiger partial charge on any atom is 0.251 e. The normalized spacial score (nSPS) is 15.5. The SMILES string of the molecule is CCOc1ccc(C(CNC(=O)c2ccc(C)c(F)c2)N2CCOCC2)cc1OC. The first kappa shape index (κ1) is 22.1. The Balaban J connectivity index is 1.80. The van der Waals surface area contributed by atoms with E-state index in [4.69, 9.17) is 14.2 Å². The monoisotopic (exact) mass is 416 g/mol. The highest BCUT2D eigenvalue weighted by molar-refractivity contribution is 5.94. The molecule has 0 spiro atoms. The number of halogens is 1. The highest BCUT2D eigenvalue weighted by atomic mass is 19.1. The number of carbonyl (C=O) groups is 1. The molecule has 1 aliphatic heterocycles. The summed E-state index contributed by atoms with van der Waals surface area (Å²) in [5, 5.41) is 2.96. The standard InChI is InChI=1S/C23H29FN2O4/c1-4-30-21-8-7-17(14-22(21)28-3)20(26-9-11-29-12-10-26)15-25-23(27)18-6-5-16(2)19(24)13-18/h5-8,13-14,20H,4,9-12,15H2,1-3H3,(H,25,27). The van der Waals surface area contributed by atoms with Crippen LogP contribution in [0.25, 0.3) is 0 Å². The molecule has 0 saturated carbocycles. The topological polar surface area (TPSA) is 60.0 Å². The zero-order valence-corrected chi connectivity index (χ0v) is 17.7. The molecule has 1 heterocycles. The Morgan fingerprint density at radius 1 is 1.20 bits per heavy atom. The van der Waals surface area contributed by atoms with Crippen molar-refractivity contribution < 1.29 is 23.4 Å². The van der Waals surface area contributed by atoms with Crippen molar-refractivity contribution in [2.75, 3.05) is 46.6 Å². The molecule has 2 aromatic carbocycles. The Kier molecular flexibility index (Phi) is 7.65. The minimum Gasteiger partial charge on any atom is -0.493 e. The Labute approximate surface area is 176 Å². The van der Waals surface area contributed by atoms with E-state index in [-0.39, 0.29) is 17.8 Å². The molecule has 1 fully saturated rings. The molecule has 1 N–H and O–H groups in total. The number of carbonyl (C=O) groups excluding carboxylic acids is 1. The number of morpholine rings is 1. The predicted molar refractivity (Wildman–Crippen MR) is 113 cm³/mol. The number of benzene rings is 2. The van der Waals surface area contributed by atoms with E-state index < -0.39 is 0 Å². The number of rotatable bonds is 8. The summed E-state index contributed by atoms with van der Waals surface area (Å²) in [7, 11) is 1.61. The van der Waals surface area contributed by atoms with Crippen molar-refractivity contribution in [3.63, 3.8) is 0 Å². The summed E-state index contributed by atoms with van der Waals surface area (Å²) in [4.78, 5) is 14.9. The van der Waals surface area contributed by atoms with Crippen LogP contribution in [0.2, 0.25) is 0 Å². The third-order valence-corrected chi connectivity index (χ3v) is 5.25. The molecule has 1 amide bonds. The number of hydrogen-bond donors (Lipinski definition) is 1. The van der Waals surface area contributed by atoms with Gasteiger partial charge in [0.05, 0.1) is 33.0 Å². The number of ether oxygens (including phenoxy) is 3. The molecular weight excluding hydrogens is 387 g/mol. The second-order valence-corrected chi connectivity index (χ2v) is 7.18. The van der Waals surface area contributed by atoms with Gasteiger partial charge in [-0.2, -0.15) is 0 Å². The van der Waals surface area contributed by atoms with Crippen molar-refractivity contribution >= 4 is 5.91 Å². The number of methoxy groups -OCH3 is 1. The smallest absolute Gasteiger partial charge is 0.251 e. The van der Waals surface area contributed by atoms with Crippen LogP contribution >= 0.6 is 0 Å². The zero-order chi connectivity index (χ0) is 21.5. The van der Waals surface area contributed by atoms with Crippen molar-refractivity contribution in [2.24, 2.45) is 0 Å². The zero-order valence-electron chi connectivity index (χ0n) is 17.7. The molecule has 3 rings (SSSR count). The van der Waals surface area contributed by atoms with Crippen molar-refractivity contribution in [1.29, 1.82) is 0 Å². The van der Waals surface area contributed by atoms with E-state index in [0.717, 1.165) is 18.7 Å². The second kappa shape index (κ2) is 10.4. The molecule has 7 heteroatoms. The minimum atomic E-state index is -0.386. The van der Waals surface area contributed by atoms with Crippen LogP contribution in [-0.4, -0.2) is 57.4 Å². The van der Waals surface area contributed by atoms with Gasteiger partial charge in [0.25, 0.3) is 5.91 Å². The summed E-state index contributed by atoms with van der Waals surface area (Å²) in [6.45, 7) is 7.32. The summed E-state index contributed by atoms with van der Waals surface area (Å²) in [5.74, 6) is 0.650. The van der Waals surface area contributed by atoms with Crippen LogP contribution in [0.1, 0.15) is 34.5 Å². The first-order valence-corrected chi connectivity index (χ1v) is 10.2. The lowest BCUT2D eigenvalue weighted by atomic mass is 10.0. The number of nitrogens with zero attached hydrogens (tertiary/aromatic N) is 1. The maximum atomic E-state index is 13.9. The van der Waals surface area contributed by atoms with Crippen LogP contribution in [0, 0.1) is 12.7 Å². The third kappa shape index (κ3) is 5.29. The van der Waals surface area contributed by atoms with Gasteiger partial charge < -0.3 is 19.5 Å². The van der Waals surface area contributed by atoms with Crippen LogP contribution in [0.5, 0.6) is 11.5 Å². The average Bonchev–Trinajstić information content (AvgIpc) is 2.77. The molecule has 0 aromatic heterocycles. The molecule has 30 heavy (non-hydrogen) atoms. The van der Waals surface area contributed by atoms with Gasteiger partial charge >= 0.3 is 0 Å². The second-order valence-electron chi connectivity index (χ2n) is 7.18. The lowest BCUT2D eigenvalue weighted by Crippen LogP contribution is -2.43. The Morgan fingerprint density at radius 2 is 1.97 bits per heavy atom. The molecule has 0 aliphatic carbocycles. The van der Waals surface area contributed by atoms with Gasteiger partial charge in [-0.3, -0.25) is 9.69 Å². The molecule has 2 aromatic rings. The van der Waals surface area contributed by atoms with Gasteiger partial charge in [-0.1, -0.05) is 12.1 Å². The van der Waals surface area contributed by atoms with Gasteiger partial charge in [0.2, 0.25) is 0 Å². The van der Waals surface area contributed by atoms with Gasteiger partial charge in [0, 0.05) is 25.2 Å². The van der Waals surface area contributed by atoms with Crippen LogP contribution in [0.4, 0.5) is 4.39 Å². The summed E-state index contributed by atoms with van der Waals surface area (Å²) in [5.41, 5.74) is 1.83. The van der Waals surface area contributed by atoms with Gasteiger partial charge in [0.1, 0.15) is 5.82 Å². The molecule has 0 bridgehead atoms. The van der Waals surface area contributed by atoms with Gasteiger partial charge in [0.15, 0.2) is 11.5 Å². The quantitative estimate of drug-likeness (QED) is 0.715. The van der Waals surface area contributed by atoms with Gasteiger partial charge in [-0.25, -0.2) is 4.39 Å². The molecule has 1 saturated heterocycles.